The molecule has 10 rings (SSSR count). The molecule has 0 spiro atoms. The molecule has 10 aromatic rings. The molecule has 0 radical (unpaired) electrons. The summed E-state index contributed by atoms with van der Waals surface area (Å²) in [5.41, 5.74) is 4.09. The molecule has 0 aliphatic rings. The van der Waals surface area contributed by atoms with Gasteiger partial charge in [0.2, 0.25) is 5.71 Å². The first kappa shape index (κ1) is 25.8. The van der Waals surface area contributed by atoms with Crippen LogP contribution >= 0.6 is 0 Å². The lowest BCUT2D eigenvalue weighted by atomic mass is 9.92. The summed E-state index contributed by atoms with van der Waals surface area (Å²) in [6.07, 6.45) is 1.75. The molecule has 7 aromatic carbocycles. The maximum absolute atomic E-state index is 6.16. The molecule has 0 N–H and O–H groups in total. The van der Waals surface area contributed by atoms with Crippen molar-refractivity contribution >= 4 is 65.2 Å². The first-order valence-corrected chi connectivity index (χ1v) is 15.6. The van der Waals surface area contributed by atoms with Gasteiger partial charge in [-0.25, -0.2) is 19.9 Å². The topological polar surface area (TPSA) is 64.7 Å². The molecule has 0 aliphatic carbocycles. The third-order valence-electron chi connectivity index (χ3n) is 9.15. The number of hydrogen-bond donors (Lipinski definition) is 0. The van der Waals surface area contributed by atoms with E-state index in [0.29, 0.717) is 23.2 Å². The van der Waals surface area contributed by atoms with Crippen LogP contribution in [0.4, 0.5) is 0 Å². The highest BCUT2D eigenvalue weighted by Gasteiger charge is 2.20. The SMILES string of the molecule is c1ccc2cc(-c3nc(-c4cc5ccccc5c5c4ccc4ccccc45)nc(-c4cccc5oc6ncccc6c45)n3)ccc2c1. The van der Waals surface area contributed by atoms with E-state index >= 15 is 0 Å². The Morgan fingerprint density at radius 1 is 0.404 bits per heavy atom. The van der Waals surface area contributed by atoms with Crippen molar-refractivity contribution < 1.29 is 4.42 Å². The normalized spacial score (nSPS) is 11.8. The average Bonchev–Trinajstić information content (AvgIpc) is 3.53. The minimum Gasteiger partial charge on any atom is -0.438 e. The predicted molar refractivity (Wildman–Crippen MR) is 191 cm³/mol. The van der Waals surface area contributed by atoms with Crippen molar-refractivity contribution in [3.8, 4) is 34.2 Å². The highest BCUT2D eigenvalue weighted by Crippen LogP contribution is 2.40. The van der Waals surface area contributed by atoms with Crippen molar-refractivity contribution in [2.45, 2.75) is 0 Å². The summed E-state index contributed by atoms with van der Waals surface area (Å²) in [6, 6.07) is 48.4. The zero-order valence-corrected chi connectivity index (χ0v) is 25.1. The van der Waals surface area contributed by atoms with Crippen molar-refractivity contribution in [1.29, 1.82) is 0 Å². The number of furan rings is 1. The van der Waals surface area contributed by atoms with E-state index in [1.165, 1.54) is 26.9 Å². The second kappa shape index (κ2) is 10.0. The van der Waals surface area contributed by atoms with Crippen LogP contribution in [0.3, 0.4) is 0 Å². The summed E-state index contributed by atoms with van der Waals surface area (Å²) >= 11 is 0. The van der Waals surface area contributed by atoms with Crippen LogP contribution < -0.4 is 0 Å². The third kappa shape index (κ3) is 4.03. The van der Waals surface area contributed by atoms with E-state index in [9.17, 15) is 0 Å². The molecule has 0 atom stereocenters. The quantitative estimate of drug-likeness (QED) is 0.189. The summed E-state index contributed by atoms with van der Waals surface area (Å²) < 4.78 is 6.16. The van der Waals surface area contributed by atoms with Crippen LogP contribution in [0.2, 0.25) is 0 Å². The van der Waals surface area contributed by atoms with Gasteiger partial charge < -0.3 is 4.42 Å². The number of fused-ring (bicyclic) bond motifs is 9. The number of aromatic nitrogens is 4. The lowest BCUT2D eigenvalue weighted by molar-refractivity contribution is 0.654. The monoisotopic (exact) mass is 600 g/mol. The summed E-state index contributed by atoms with van der Waals surface area (Å²) in [4.78, 5) is 20.1. The number of benzene rings is 7. The van der Waals surface area contributed by atoms with E-state index in [1.54, 1.807) is 6.20 Å². The average molecular weight is 601 g/mol. The Morgan fingerprint density at radius 3 is 1.96 bits per heavy atom. The molecule has 0 amide bonds. The number of nitrogens with zero attached hydrogens (tertiary/aromatic N) is 4. The summed E-state index contributed by atoms with van der Waals surface area (Å²) in [7, 11) is 0. The molecular weight excluding hydrogens is 576 g/mol. The molecule has 3 aromatic heterocycles. The maximum atomic E-state index is 6.16. The minimum atomic E-state index is 0.581. The zero-order valence-electron chi connectivity index (χ0n) is 25.1. The van der Waals surface area contributed by atoms with Crippen LogP contribution in [0, 0.1) is 0 Å². The lowest BCUT2D eigenvalue weighted by Crippen LogP contribution is -2.01. The van der Waals surface area contributed by atoms with Gasteiger partial charge in [0.25, 0.3) is 0 Å². The van der Waals surface area contributed by atoms with Crippen molar-refractivity contribution in [2.75, 3.05) is 0 Å². The molecule has 0 unspecified atom stereocenters. The first-order valence-electron chi connectivity index (χ1n) is 15.6. The van der Waals surface area contributed by atoms with Gasteiger partial charge in [0.1, 0.15) is 5.58 Å². The van der Waals surface area contributed by atoms with Crippen LogP contribution in [-0.2, 0) is 0 Å². The van der Waals surface area contributed by atoms with Gasteiger partial charge in [-0.1, -0.05) is 109 Å². The Morgan fingerprint density at radius 2 is 1.09 bits per heavy atom. The van der Waals surface area contributed by atoms with Gasteiger partial charge in [-0.3, -0.25) is 0 Å². The van der Waals surface area contributed by atoms with Gasteiger partial charge in [0, 0.05) is 33.7 Å². The van der Waals surface area contributed by atoms with Crippen LogP contribution in [0.1, 0.15) is 0 Å². The Labute approximate surface area is 268 Å². The molecule has 218 valence electrons. The predicted octanol–water partition coefficient (Wildman–Crippen LogP) is 10.8. The van der Waals surface area contributed by atoms with E-state index < -0.39 is 0 Å². The summed E-state index contributed by atoms with van der Waals surface area (Å²) in [5.74, 6) is 1.81. The highest BCUT2D eigenvalue weighted by molar-refractivity contribution is 6.23. The van der Waals surface area contributed by atoms with Crippen LogP contribution in [-0.4, -0.2) is 19.9 Å². The number of rotatable bonds is 3. The summed E-state index contributed by atoms with van der Waals surface area (Å²) in [6.45, 7) is 0. The molecule has 0 fully saturated rings. The minimum absolute atomic E-state index is 0.581. The molecule has 0 saturated carbocycles. The molecule has 0 bridgehead atoms. The maximum Gasteiger partial charge on any atom is 0.227 e. The molecule has 0 aliphatic heterocycles. The van der Waals surface area contributed by atoms with E-state index in [-0.39, 0.29) is 0 Å². The number of hydrogen-bond acceptors (Lipinski definition) is 5. The number of pyridine rings is 1. The highest BCUT2D eigenvalue weighted by atomic mass is 16.3. The van der Waals surface area contributed by atoms with E-state index in [0.717, 1.165) is 49.2 Å². The molecule has 5 heteroatoms. The molecule has 5 nitrogen and oxygen atoms in total. The molecule has 3 heterocycles. The second-order valence-corrected chi connectivity index (χ2v) is 11.9. The fourth-order valence-corrected chi connectivity index (χ4v) is 6.98. The van der Waals surface area contributed by atoms with Crippen LogP contribution in [0.5, 0.6) is 0 Å². The molecule has 0 saturated heterocycles. The largest absolute Gasteiger partial charge is 0.438 e. The Hall–Kier alpha value is -6.46. The Bertz CT molecular complexity index is 2860. The lowest BCUT2D eigenvalue weighted by Gasteiger charge is -2.14. The Balaban J connectivity index is 1.31. The van der Waals surface area contributed by atoms with E-state index in [2.05, 4.69) is 120 Å². The molecular formula is C42H24N4O. The van der Waals surface area contributed by atoms with Gasteiger partial charge in [-0.15, -0.1) is 0 Å². The van der Waals surface area contributed by atoms with Crippen molar-refractivity contribution in [3.05, 3.63) is 146 Å². The van der Waals surface area contributed by atoms with Crippen molar-refractivity contribution in [1.82, 2.24) is 19.9 Å². The van der Waals surface area contributed by atoms with Crippen LogP contribution in [0.15, 0.2) is 150 Å². The van der Waals surface area contributed by atoms with Crippen LogP contribution in [0.25, 0.3) is 99.3 Å². The van der Waals surface area contributed by atoms with Gasteiger partial charge >= 0.3 is 0 Å². The fraction of sp³-hybridized carbons (Fsp3) is 0. The standard InChI is InChI=1S/C42H24N4O/c1-2-11-27-23-29(19-18-25(27)9-1)39-44-40(33-15-7-17-36-38(33)34-16-8-22-43-42(34)47-36)46-41(45-39)35-24-28-12-4-6-14-31(28)37-30-13-5-3-10-26(30)20-21-32(35)37/h1-24H. The zero-order chi connectivity index (χ0) is 30.9. The van der Waals surface area contributed by atoms with Gasteiger partial charge in [0.15, 0.2) is 17.5 Å². The van der Waals surface area contributed by atoms with Crippen molar-refractivity contribution in [3.63, 3.8) is 0 Å². The molecule has 47 heavy (non-hydrogen) atoms. The van der Waals surface area contributed by atoms with Gasteiger partial charge in [-0.05, 0) is 73.4 Å². The Kier molecular flexibility index (Phi) is 5.51. The second-order valence-electron chi connectivity index (χ2n) is 11.9. The van der Waals surface area contributed by atoms with E-state index in [1.807, 2.05) is 24.3 Å². The van der Waals surface area contributed by atoms with Gasteiger partial charge in [-0.2, -0.15) is 0 Å². The van der Waals surface area contributed by atoms with E-state index in [4.69, 9.17) is 19.4 Å². The first-order chi connectivity index (χ1) is 23.3. The smallest absolute Gasteiger partial charge is 0.227 e. The van der Waals surface area contributed by atoms with Crippen molar-refractivity contribution in [2.24, 2.45) is 0 Å². The summed E-state index contributed by atoms with van der Waals surface area (Å²) in [5, 5.41) is 11.2. The van der Waals surface area contributed by atoms with Gasteiger partial charge in [0.05, 0.1) is 0 Å². The third-order valence-corrected chi connectivity index (χ3v) is 9.15. The fourth-order valence-electron chi connectivity index (χ4n) is 6.98.